The smallest absolute Gasteiger partial charge is 0.355 e. The number of hydrogen-bond donors (Lipinski definition) is 2. The molecule has 0 saturated heterocycles. The Morgan fingerprint density at radius 2 is 1.74 bits per heavy atom. The van der Waals surface area contributed by atoms with Crippen molar-refractivity contribution in [3.8, 4) is 0 Å². The van der Waals surface area contributed by atoms with E-state index in [-0.39, 0.29) is 25.2 Å². The highest BCUT2D eigenvalue weighted by Gasteiger charge is 2.54. The molecule has 1 aliphatic carbocycles. The molecule has 0 aromatic rings. The van der Waals surface area contributed by atoms with Crippen LogP contribution in [0.25, 0.3) is 0 Å². The highest BCUT2D eigenvalue weighted by molar-refractivity contribution is 5.90. The maximum absolute atomic E-state index is 13.2. The van der Waals surface area contributed by atoms with Crippen LogP contribution in [-0.2, 0) is 14.3 Å². The molecule has 27 heavy (non-hydrogen) atoms. The van der Waals surface area contributed by atoms with E-state index < -0.39 is 36.6 Å². The van der Waals surface area contributed by atoms with E-state index in [1.807, 2.05) is 0 Å². The van der Waals surface area contributed by atoms with Crippen LogP contribution in [0.1, 0.15) is 51.9 Å². The predicted molar refractivity (Wildman–Crippen MR) is 88.2 cm³/mol. The molecular weight excluding hydrogens is 375 g/mol. The summed E-state index contributed by atoms with van der Waals surface area (Å²) in [7, 11) is 0. The summed E-state index contributed by atoms with van der Waals surface area (Å²) in [6.07, 6.45) is -4.36. The van der Waals surface area contributed by atoms with Gasteiger partial charge in [0.25, 0.3) is 5.92 Å². The van der Waals surface area contributed by atoms with Gasteiger partial charge in [0.1, 0.15) is 6.61 Å². The van der Waals surface area contributed by atoms with Gasteiger partial charge >= 0.3 is 6.18 Å². The molecule has 2 atom stereocenters. The molecule has 1 aliphatic rings. The summed E-state index contributed by atoms with van der Waals surface area (Å²) >= 11 is 0. The Morgan fingerprint density at radius 3 is 2.22 bits per heavy atom. The van der Waals surface area contributed by atoms with Gasteiger partial charge in [-0.2, -0.15) is 13.2 Å². The summed E-state index contributed by atoms with van der Waals surface area (Å²) in [6, 6.07) is -1.08. The van der Waals surface area contributed by atoms with E-state index in [1.54, 1.807) is 0 Å². The van der Waals surface area contributed by atoms with E-state index in [0.717, 1.165) is 12.8 Å². The van der Waals surface area contributed by atoms with Crippen LogP contribution in [-0.4, -0.2) is 49.1 Å². The first-order valence-electron chi connectivity index (χ1n) is 9.06. The van der Waals surface area contributed by atoms with Crippen molar-refractivity contribution in [2.75, 3.05) is 13.2 Å². The Hall–Kier alpha value is -1.29. The van der Waals surface area contributed by atoms with Crippen LogP contribution < -0.4 is 11.1 Å². The van der Waals surface area contributed by atoms with Crippen LogP contribution in [0, 0.1) is 5.92 Å². The number of Topliss-reactive ketones (excluding diaryl/α,β-unsaturated/α-hetero) is 1. The number of rotatable bonds is 11. The zero-order valence-electron chi connectivity index (χ0n) is 15.3. The number of carbonyl (C=O) groups is 2. The fraction of sp³-hybridized carbons (Fsp3) is 0.882. The minimum absolute atomic E-state index is 0.0796. The number of halogens is 5. The second-order valence-corrected chi connectivity index (χ2v) is 6.98. The number of ketones is 1. The zero-order valence-corrected chi connectivity index (χ0v) is 15.3. The van der Waals surface area contributed by atoms with Gasteiger partial charge in [0, 0.05) is 12.8 Å². The van der Waals surface area contributed by atoms with Gasteiger partial charge in [-0.25, -0.2) is 8.78 Å². The number of unbranched alkanes of at least 4 members (excludes halogenated alkanes) is 1. The highest BCUT2D eigenvalue weighted by Crippen LogP contribution is 2.34. The lowest BCUT2D eigenvalue weighted by molar-refractivity contribution is -0.278. The monoisotopic (exact) mass is 402 g/mol. The first-order chi connectivity index (χ1) is 12.5. The largest absolute Gasteiger partial charge is 0.420 e. The molecule has 0 spiro atoms. The lowest BCUT2D eigenvalue weighted by atomic mass is 10.0. The summed E-state index contributed by atoms with van der Waals surface area (Å²) in [6.45, 7) is -0.728. The number of amides is 1. The summed E-state index contributed by atoms with van der Waals surface area (Å²) < 4.78 is 68.7. The quantitative estimate of drug-likeness (QED) is 0.411. The van der Waals surface area contributed by atoms with E-state index in [0.29, 0.717) is 32.2 Å². The van der Waals surface area contributed by atoms with Gasteiger partial charge in [-0.15, -0.1) is 0 Å². The third kappa shape index (κ3) is 8.08. The van der Waals surface area contributed by atoms with E-state index in [9.17, 15) is 31.5 Å². The van der Waals surface area contributed by atoms with E-state index in [1.165, 1.54) is 0 Å². The molecule has 158 valence electrons. The molecule has 5 nitrogen and oxygen atoms in total. The number of carbonyl (C=O) groups excluding carboxylic acids is 2. The van der Waals surface area contributed by atoms with Crippen LogP contribution in [0.5, 0.6) is 0 Å². The summed E-state index contributed by atoms with van der Waals surface area (Å²) in [4.78, 5) is 24.5. The molecule has 0 aliphatic heterocycles. The van der Waals surface area contributed by atoms with Gasteiger partial charge in [0.15, 0.2) is 5.78 Å². The first-order valence-corrected chi connectivity index (χ1v) is 9.06. The second-order valence-electron chi connectivity index (χ2n) is 6.98. The minimum atomic E-state index is -5.32. The molecule has 0 heterocycles. The van der Waals surface area contributed by atoms with Gasteiger partial charge in [-0.1, -0.05) is 12.8 Å². The van der Waals surface area contributed by atoms with Crippen LogP contribution in [0.15, 0.2) is 0 Å². The topological polar surface area (TPSA) is 81.4 Å². The Labute approximate surface area is 155 Å². The van der Waals surface area contributed by atoms with Crippen molar-refractivity contribution in [2.24, 2.45) is 11.7 Å². The molecule has 1 unspecified atom stereocenters. The third-order valence-electron chi connectivity index (χ3n) is 4.53. The summed E-state index contributed by atoms with van der Waals surface area (Å²) in [5.41, 5.74) is 5.38. The van der Waals surface area contributed by atoms with Crippen molar-refractivity contribution >= 4 is 11.7 Å². The van der Waals surface area contributed by atoms with Crippen molar-refractivity contribution in [1.29, 1.82) is 0 Å². The van der Waals surface area contributed by atoms with Crippen molar-refractivity contribution in [1.82, 2.24) is 5.32 Å². The van der Waals surface area contributed by atoms with Gasteiger partial charge < -0.3 is 15.8 Å². The standard InChI is InChI=1S/C17H27F5N2O3/c1-16(18,19)15(17(20,21)22)27-10-13(25)12(8-4-5-9-23)24-14(26)11-6-2-3-7-11/h11-12,15H,2-10,23H2,1H3,(H,24,26)/t12-,15?/m0/s1. The van der Waals surface area contributed by atoms with Crippen LogP contribution in [0.3, 0.4) is 0 Å². The molecule has 1 rings (SSSR count). The lowest BCUT2D eigenvalue weighted by Gasteiger charge is -2.27. The number of nitrogens with two attached hydrogens (primary N) is 1. The molecular formula is C17H27F5N2O3. The predicted octanol–water partition coefficient (Wildman–Crippen LogP) is 2.96. The molecule has 10 heteroatoms. The van der Waals surface area contributed by atoms with Gasteiger partial charge in [-0.05, 0) is 38.6 Å². The average molecular weight is 402 g/mol. The first kappa shape index (κ1) is 23.7. The van der Waals surface area contributed by atoms with Crippen molar-refractivity contribution in [3.63, 3.8) is 0 Å². The Kier molecular flexibility index (Phi) is 9.07. The van der Waals surface area contributed by atoms with Gasteiger partial charge in [-0.3, -0.25) is 9.59 Å². The van der Waals surface area contributed by atoms with E-state index in [2.05, 4.69) is 10.1 Å². The van der Waals surface area contributed by atoms with Gasteiger partial charge in [0.2, 0.25) is 12.0 Å². The van der Waals surface area contributed by atoms with Crippen LogP contribution in [0.2, 0.25) is 0 Å². The van der Waals surface area contributed by atoms with Crippen molar-refractivity contribution < 1.29 is 36.3 Å². The van der Waals surface area contributed by atoms with E-state index >= 15 is 0 Å². The maximum atomic E-state index is 13.2. The Bertz CT molecular complexity index is 474. The minimum Gasteiger partial charge on any atom is -0.355 e. The fourth-order valence-electron chi connectivity index (χ4n) is 3.08. The van der Waals surface area contributed by atoms with Crippen LogP contribution in [0.4, 0.5) is 22.0 Å². The van der Waals surface area contributed by atoms with Crippen molar-refractivity contribution in [2.45, 2.75) is 76.1 Å². The van der Waals surface area contributed by atoms with Crippen molar-refractivity contribution in [3.05, 3.63) is 0 Å². The Morgan fingerprint density at radius 1 is 1.15 bits per heavy atom. The normalized spacial score (nSPS) is 18.3. The number of hydrogen-bond acceptors (Lipinski definition) is 4. The molecule has 3 N–H and O–H groups in total. The summed E-state index contributed by atoms with van der Waals surface area (Å²) in [5.74, 6) is -5.64. The fourth-order valence-corrected chi connectivity index (χ4v) is 3.08. The molecule has 0 radical (unpaired) electrons. The van der Waals surface area contributed by atoms with Crippen LogP contribution >= 0.6 is 0 Å². The average Bonchev–Trinajstić information content (AvgIpc) is 3.05. The molecule has 0 aromatic carbocycles. The van der Waals surface area contributed by atoms with Gasteiger partial charge in [0.05, 0.1) is 6.04 Å². The number of ether oxygens (including phenoxy) is 1. The molecule has 0 bridgehead atoms. The lowest BCUT2D eigenvalue weighted by Crippen LogP contribution is -2.49. The number of nitrogens with one attached hydrogen (secondary N) is 1. The molecule has 0 aromatic heterocycles. The van der Waals surface area contributed by atoms with E-state index in [4.69, 9.17) is 5.73 Å². The Balaban J connectivity index is 2.72. The number of alkyl halides is 5. The molecule has 1 amide bonds. The SMILES string of the molecule is CC(F)(F)C(OCC(=O)[C@H](CCCCN)NC(=O)C1CCCC1)C(F)(F)F. The maximum Gasteiger partial charge on any atom is 0.420 e. The molecule has 1 fully saturated rings. The third-order valence-corrected chi connectivity index (χ3v) is 4.53. The zero-order chi connectivity index (χ0) is 20.7. The molecule has 1 saturated carbocycles. The second kappa shape index (κ2) is 10.3. The highest BCUT2D eigenvalue weighted by atomic mass is 19.4. The summed E-state index contributed by atoms with van der Waals surface area (Å²) in [5, 5.41) is 2.54.